The summed E-state index contributed by atoms with van der Waals surface area (Å²) in [6.07, 6.45) is -1.56. The Morgan fingerprint density at radius 2 is 1.94 bits per heavy atom. The molecule has 0 aliphatic rings. The fraction of sp³-hybridized carbons (Fsp3) is 0.0952. The van der Waals surface area contributed by atoms with Crippen LogP contribution in [0.4, 0.5) is 18.9 Å². The van der Waals surface area contributed by atoms with E-state index in [-0.39, 0.29) is 43.1 Å². The third kappa shape index (κ3) is 4.36. The Morgan fingerprint density at radius 1 is 1.16 bits per heavy atom. The molecular weight excluding hydrogens is 484 g/mol. The first-order valence-corrected chi connectivity index (χ1v) is 10.6. The number of fused-ring (bicyclic) bond motifs is 1. The Kier molecular flexibility index (Phi) is 5.98. The minimum Gasteiger partial charge on any atom is -0.397 e. The van der Waals surface area contributed by atoms with Crippen LogP contribution in [0.3, 0.4) is 0 Å². The maximum Gasteiger partial charge on any atom is 0.417 e. The number of anilines is 1. The fourth-order valence-corrected chi connectivity index (χ4v) is 4.42. The van der Waals surface area contributed by atoms with Crippen molar-refractivity contribution in [1.82, 2.24) is 15.3 Å². The molecule has 3 heterocycles. The molecule has 0 aliphatic heterocycles. The first kappa shape index (κ1) is 22.3. The summed E-state index contributed by atoms with van der Waals surface area (Å²) in [4.78, 5) is 20.9. The largest absolute Gasteiger partial charge is 0.417 e. The number of rotatable bonds is 4. The zero-order valence-corrected chi connectivity index (χ0v) is 18.3. The zero-order chi connectivity index (χ0) is 23.0. The third-order valence-corrected chi connectivity index (χ3v) is 6.44. The van der Waals surface area contributed by atoms with Crippen LogP contribution in [0.5, 0.6) is 0 Å². The van der Waals surface area contributed by atoms with E-state index in [2.05, 4.69) is 15.3 Å². The van der Waals surface area contributed by atoms with E-state index in [0.29, 0.717) is 5.56 Å². The highest BCUT2D eigenvalue weighted by Gasteiger charge is 2.36. The average molecular weight is 497 g/mol. The van der Waals surface area contributed by atoms with Crippen molar-refractivity contribution < 1.29 is 18.0 Å². The lowest BCUT2D eigenvalue weighted by Gasteiger charge is -2.11. The van der Waals surface area contributed by atoms with E-state index in [0.717, 1.165) is 23.0 Å². The van der Waals surface area contributed by atoms with Crippen LogP contribution in [-0.2, 0) is 12.7 Å². The Bertz CT molecular complexity index is 1330. The number of hydrogen-bond donors (Lipinski definition) is 2. The number of halogens is 5. The minimum absolute atomic E-state index is 0.00933. The number of nitrogens with zero attached hydrogens (tertiary/aromatic N) is 2. The summed E-state index contributed by atoms with van der Waals surface area (Å²) in [6, 6.07) is 8.77. The number of amides is 1. The van der Waals surface area contributed by atoms with Gasteiger partial charge in [-0.3, -0.25) is 9.78 Å². The van der Waals surface area contributed by atoms with E-state index >= 15 is 0 Å². The molecule has 0 saturated carbocycles. The van der Waals surface area contributed by atoms with E-state index in [1.54, 1.807) is 24.5 Å². The number of thiophene rings is 1. The van der Waals surface area contributed by atoms with Crippen LogP contribution in [-0.4, -0.2) is 15.9 Å². The highest BCUT2D eigenvalue weighted by atomic mass is 35.5. The number of carbonyl (C=O) groups excluding carboxylic acids is 1. The van der Waals surface area contributed by atoms with Gasteiger partial charge in [0.2, 0.25) is 0 Å². The summed E-state index contributed by atoms with van der Waals surface area (Å²) in [5.41, 5.74) is 5.86. The van der Waals surface area contributed by atoms with Crippen molar-refractivity contribution in [3.8, 4) is 11.3 Å². The monoisotopic (exact) mass is 496 g/mol. The second-order valence-corrected chi connectivity index (χ2v) is 8.56. The fourth-order valence-electron chi connectivity index (χ4n) is 3.08. The molecule has 3 N–H and O–H groups in total. The first-order chi connectivity index (χ1) is 15.1. The SMILES string of the molecule is Nc1c(C(=O)NCc2cccnc2)sc2nc(-c3ccc(Cl)c(Cl)c3)cc(C(F)(F)F)c12. The summed E-state index contributed by atoms with van der Waals surface area (Å²) in [5.74, 6) is -0.599. The number of pyridine rings is 2. The van der Waals surface area contributed by atoms with E-state index in [1.807, 2.05) is 0 Å². The van der Waals surface area contributed by atoms with Crippen molar-refractivity contribution in [3.63, 3.8) is 0 Å². The molecule has 0 spiro atoms. The van der Waals surface area contributed by atoms with Crippen LogP contribution in [0.2, 0.25) is 10.0 Å². The zero-order valence-electron chi connectivity index (χ0n) is 16.0. The second-order valence-electron chi connectivity index (χ2n) is 6.75. The number of hydrogen-bond acceptors (Lipinski definition) is 5. The van der Waals surface area contributed by atoms with Gasteiger partial charge in [0.15, 0.2) is 0 Å². The number of nitrogens with one attached hydrogen (secondary N) is 1. The second kappa shape index (κ2) is 8.57. The summed E-state index contributed by atoms with van der Waals surface area (Å²) < 4.78 is 41.7. The molecule has 0 unspecified atom stereocenters. The maximum absolute atomic E-state index is 13.9. The quantitative estimate of drug-likeness (QED) is 0.352. The Balaban J connectivity index is 1.79. The summed E-state index contributed by atoms with van der Waals surface area (Å²) in [5, 5.41) is 2.78. The maximum atomic E-state index is 13.9. The molecule has 1 amide bonds. The van der Waals surface area contributed by atoms with Crippen LogP contribution < -0.4 is 11.1 Å². The molecule has 0 fully saturated rings. The molecule has 164 valence electrons. The van der Waals surface area contributed by atoms with Gasteiger partial charge in [-0.15, -0.1) is 11.3 Å². The van der Waals surface area contributed by atoms with Crippen LogP contribution in [0.25, 0.3) is 21.5 Å². The molecule has 3 aromatic heterocycles. The summed E-state index contributed by atoms with van der Waals surface area (Å²) in [7, 11) is 0. The van der Waals surface area contributed by atoms with E-state index < -0.39 is 17.6 Å². The molecule has 1 aromatic carbocycles. The van der Waals surface area contributed by atoms with Gasteiger partial charge >= 0.3 is 6.18 Å². The van der Waals surface area contributed by atoms with Crippen molar-refractivity contribution in [3.05, 3.63) is 74.8 Å². The van der Waals surface area contributed by atoms with Gasteiger partial charge in [0, 0.05) is 29.9 Å². The highest BCUT2D eigenvalue weighted by molar-refractivity contribution is 7.21. The molecule has 32 heavy (non-hydrogen) atoms. The van der Waals surface area contributed by atoms with Gasteiger partial charge in [0.1, 0.15) is 9.71 Å². The number of alkyl halides is 3. The highest BCUT2D eigenvalue weighted by Crippen LogP contribution is 2.43. The molecule has 0 aliphatic carbocycles. The smallest absolute Gasteiger partial charge is 0.397 e. The topological polar surface area (TPSA) is 80.9 Å². The van der Waals surface area contributed by atoms with Crippen molar-refractivity contribution in [2.45, 2.75) is 12.7 Å². The van der Waals surface area contributed by atoms with Crippen molar-refractivity contribution >= 4 is 56.3 Å². The number of benzene rings is 1. The van der Waals surface area contributed by atoms with E-state index in [1.165, 1.54) is 18.2 Å². The van der Waals surface area contributed by atoms with Crippen LogP contribution >= 0.6 is 34.5 Å². The normalized spacial score (nSPS) is 11.7. The lowest BCUT2D eigenvalue weighted by molar-refractivity contribution is -0.136. The molecule has 5 nitrogen and oxygen atoms in total. The predicted molar refractivity (Wildman–Crippen MR) is 120 cm³/mol. The number of carbonyl (C=O) groups is 1. The summed E-state index contributed by atoms with van der Waals surface area (Å²) in [6.45, 7) is 0.147. The molecule has 11 heteroatoms. The van der Waals surface area contributed by atoms with Gasteiger partial charge in [0.25, 0.3) is 5.91 Å². The molecule has 4 aromatic rings. The average Bonchev–Trinajstić information content (AvgIpc) is 3.10. The molecule has 0 bridgehead atoms. The van der Waals surface area contributed by atoms with Crippen molar-refractivity contribution in [2.24, 2.45) is 0 Å². The number of aromatic nitrogens is 2. The first-order valence-electron chi connectivity index (χ1n) is 9.08. The van der Waals surface area contributed by atoms with E-state index in [9.17, 15) is 18.0 Å². The lowest BCUT2D eigenvalue weighted by atomic mass is 10.1. The van der Waals surface area contributed by atoms with Gasteiger partial charge in [-0.05, 0) is 29.8 Å². The Morgan fingerprint density at radius 3 is 2.59 bits per heavy atom. The van der Waals surface area contributed by atoms with Crippen LogP contribution in [0.15, 0.2) is 48.8 Å². The molecule has 0 radical (unpaired) electrons. The van der Waals surface area contributed by atoms with Gasteiger partial charge in [0.05, 0.1) is 27.0 Å². The predicted octanol–water partition coefficient (Wildman–Crippen LogP) is 6.20. The Labute approximate surface area is 194 Å². The van der Waals surface area contributed by atoms with Crippen molar-refractivity contribution in [2.75, 3.05) is 5.73 Å². The summed E-state index contributed by atoms with van der Waals surface area (Å²) >= 11 is 12.7. The van der Waals surface area contributed by atoms with Crippen LogP contribution in [0.1, 0.15) is 20.8 Å². The van der Waals surface area contributed by atoms with Crippen LogP contribution in [0, 0.1) is 0 Å². The lowest BCUT2D eigenvalue weighted by Crippen LogP contribution is -2.22. The van der Waals surface area contributed by atoms with Gasteiger partial charge in [-0.2, -0.15) is 13.2 Å². The van der Waals surface area contributed by atoms with Gasteiger partial charge in [-0.25, -0.2) is 4.98 Å². The van der Waals surface area contributed by atoms with E-state index in [4.69, 9.17) is 28.9 Å². The van der Waals surface area contributed by atoms with Gasteiger partial charge in [-0.1, -0.05) is 35.3 Å². The van der Waals surface area contributed by atoms with Crippen molar-refractivity contribution in [1.29, 1.82) is 0 Å². The molecule has 4 rings (SSSR count). The minimum atomic E-state index is -4.72. The molecule has 0 atom stereocenters. The molecular formula is C21H13Cl2F3N4OS. The van der Waals surface area contributed by atoms with Gasteiger partial charge < -0.3 is 11.1 Å². The standard InChI is InChI=1S/C21H13Cl2F3N4OS/c22-13-4-3-11(6-14(13)23)15-7-12(21(24,25)26)16-17(27)18(32-20(16)30-15)19(31)29-9-10-2-1-5-28-8-10/h1-8H,9,27H2,(H,29,31). The third-order valence-electron chi connectivity index (χ3n) is 4.60. The molecule has 0 saturated heterocycles. The number of nitrogen functional groups attached to an aromatic ring is 1. The number of nitrogens with two attached hydrogens (primary N) is 1. The Hall–Kier alpha value is -2.88.